The van der Waals surface area contributed by atoms with E-state index in [0.717, 1.165) is 12.8 Å². The molecule has 0 bridgehead atoms. The van der Waals surface area contributed by atoms with Crippen LogP contribution in [0.5, 0.6) is 5.75 Å². The molecular formula is C16H19NO4. The van der Waals surface area contributed by atoms with Gasteiger partial charge in [-0.15, -0.1) is 0 Å². The van der Waals surface area contributed by atoms with Gasteiger partial charge in [0.25, 0.3) is 5.91 Å². The van der Waals surface area contributed by atoms with Crippen molar-refractivity contribution in [1.82, 2.24) is 5.32 Å². The standard InChI is InChI=1S/C16H19NO4/c1-2-13-11(5-7-20-13)15(18)10-3-4-14-12(9-10)16(19)17-6-8-21-14/h3-4,9,11,13H,2,5-8H2,1H3,(H,17,19). The van der Waals surface area contributed by atoms with Gasteiger partial charge in [0.1, 0.15) is 12.4 Å². The van der Waals surface area contributed by atoms with Crippen molar-refractivity contribution in [3.8, 4) is 5.75 Å². The smallest absolute Gasteiger partial charge is 0.255 e. The molecule has 112 valence electrons. The second-order valence-electron chi connectivity index (χ2n) is 5.39. The topological polar surface area (TPSA) is 64.6 Å². The minimum Gasteiger partial charge on any atom is -0.491 e. The highest BCUT2D eigenvalue weighted by Gasteiger charge is 2.33. The first-order chi connectivity index (χ1) is 10.2. The number of amides is 1. The van der Waals surface area contributed by atoms with Crippen LogP contribution in [0.25, 0.3) is 0 Å². The Labute approximate surface area is 123 Å². The maximum Gasteiger partial charge on any atom is 0.255 e. The van der Waals surface area contributed by atoms with Gasteiger partial charge in [-0.2, -0.15) is 0 Å². The number of rotatable bonds is 3. The van der Waals surface area contributed by atoms with E-state index in [1.54, 1.807) is 18.2 Å². The van der Waals surface area contributed by atoms with E-state index < -0.39 is 0 Å². The van der Waals surface area contributed by atoms with Crippen LogP contribution < -0.4 is 10.1 Å². The molecule has 1 N–H and O–H groups in total. The summed E-state index contributed by atoms with van der Waals surface area (Å²) in [5, 5.41) is 2.76. The zero-order valence-electron chi connectivity index (χ0n) is 12.1. The average Bonchev–Trinajstić information content (AvgIpc) is 2.91. The SMILES string of the molecule is CCC1OCCC1C(=O)c1ccc2c(c1)C(=O)NCCO2. The fourth-order valence-electron chi connectivity index (χ4n) is 2.97. The molecule has 1 saturated heterocycles. The molecule has 5 heteroatoms. The van der Waals surface area contributed by atoms with Crippen LogP contribution in [0, 0.1) is 5.92 Å². The Morgan fingerprint density at radius 2 is 2.24 bits per heavy atom. The molecule has 2 unspecified atom stereocenters. The molecule has 1 fully saturated rings. The first-order valence-electron chi connectivity index (χ1n) is 7.41. The summed E-state index contributed by atoms with van der Waals surface area (Å²) in [5.74, 6) is 0.296. The molecule has 0 aromatic heterocycles. The van der Waals surface area contributed by atoms with Crippen molar-refractivity contribution >= 4 is 11.7 Å². The van der Waals surface area contributed by atoms with Crippen LogP contribution in [0.15, 0.2) is 18.2 Å². The minimum atomic E-state index is -0.188. The molecule has 0 spiro atoms. The van der Waals surface area contributed by atoms with Crippen molar-refractivity contribution < 1.29 is 19.1 Å². The number of Topliss-reactive ketones (excluding diaryl/α,β-unsaturated/α-hetero) is 1. The third-order valence-corrected chi connectivity index (χ3v) is 4.10. The van der Waals surface area contributed by atoms with Gasteiger partial charge < -0.3 is 14.8 Å². The van der Waals surface area contributed by atoms with Crippen molar-refractivity contribution in [2.45, 2.75) is 25.9 Å². The van der Waals surface area contributed by atoms with E-state index in [2.05, 4.69) is 5.32 Å². The Hall–Kier alpha value is -1.88. The fourth-order valence-corrected chi connectivity index (χ4v) is 2.97. The van der Waals surface area contributed by atoms with Crippen LogP contribution in [0.1, 0.15) is 40.5 Å². The van der Waals surface area contributed by atoms with Crippen LogP contribution in [0.4, 0.5) is 0 Å². The summed E-state index contributed by atoms with van der Waals surface area (Å²) in [5.41, 5.74) is 0.994. The van der Waals surface area contributed by atoms with Crippen molar-refractivity contribution in [2.24, 2.45) is 5.92 Å². The summed E-state index contributed by atoms with van der Waals surface area (Å²) >= 11 is 0. The van der Waals surface area contributed by atoms with Gasteiger partial charge in [-0.1, -0.05) is 6.92 Å². The minimum absolute atomic E-state index is 0.0126. The van der Waals surface area contributed by atoms with Crippen LogP contribution in [0.2, 0.25) is 0 Å². The second-order valence-corrected chi connectivity index (χ2v) is 5.39. The summed E-state index contributed by atoms with van der Waals surface area (Å²) in [6, 6.07) is 5.10. The summed E-state index contributed by atoms with van der Waals surface area (Å²) < 4.78 is 11.1. The molecule has 0 radical (unpaired) electrons. The summed E-state index contributed by atoms with van der Waals surface area (Å²) in [7, 11) is 0. The Morgan fingerprint density at radius 1 is 1.38 bits per heavy atom. The van der Waals surface area contributed by atoms with Crippen LogP contribution >= 0.6 is 0 Å². The highest BCUT2D eigenvalue weighted by Crippen LogP contribution is 2.29. The van der Waals surface area contributed by atoms with E-state index >= 15 is 0 Å². The largest absolute Gasteiger partial charge is 0.491 e. The van der Waals surface area contributed by atoms with Gasteiger partial charge in [0, 0.05) is 12.2 Å². The summed E-state index contributed by atoms with van der Waals surface area (Å²) in [4.78, 5) is 24.6. The molecule has 1 aromatic carbocycles. The lowest BCUT2D eigenvalue weighted by molar-refractivity contribution is 0.0689. The summed E-state index contributed by atoms with van der Waals surface area (Å²) in [6.45, 7) is 3.57. The van der Waals surface area contributed by atoms with E-state index in [1.807, 2.05) is 6.92 Å². The van der Waals surface area contributed by atoms with Crippen molar-refractivity contribution in [1.29, 1.82) is 0 Å². The number of hydrogen-bond donors (Lipinski definition) is 1. The normalized spacial score (nSPS) is 24.7. The lowest BCUT2D eigenvalue weighted by Crippen LogP contribution is -2.25. The Balaban J connectivity index is 1.89. The van der Waals surface area contributed by atoms with E-state index in [-0.39, 0.29) is 23.7 Å². The number of fused-ring (bicyclic) bond motifs is 1. The van der Waals surface area contributed by atoms with Gasteiger partial charge in [0.05, 0.1) is 24.1 Å². The molecule has 2 atom stereocenters. The fraction of sp³-hybridized carbons (Fsp3) is 0.500. The van der Waals surface area contributed by atoms with E-state index in [0.29, 0.717) is 36.6 Å². The van der Waals surface area contributed by atoms with Gasteiger partial charge >= 0.3 is 0 Å². The Bertz CT molecular complexity index is 569. The zero-order chi connectivity index (χ0) is 14.8. The molecule has 2 heterocycles. The van der Waals surface area contributed by atoms with Crippen molar-refractivity contribution in [3.63, 3.8) is 0 Å². The molecule has 2 aliphatic heterocycles. The third kappa shape index (κ3) is 2.65. The first kappa shape index (κ1) is 14.1. The predicted octanol–water partition coefficient (Wildman–Crippen LogP) is 1.81. The lowest BCUT2D eigenvalue weighted by Gasteiger charge is -2.16. The van der Waals surface area contributed by atoms with E-state index in [4.69, 9.17) is 9.47 Å². The molecule has 0 aliphatic carbocycles. The second kappa shape index (κ2) is 5.85. The molecule has 0 saturated carbocycles. The number of ether oxygens (including phenoxy) is 2. The van der Waals surface area contributed by atoms with Gasteiger partial charge in [0.2, 0.25) is 0 Å². The van der Waals surface area contributed by atoms with Crippen LogP contribution in [0.3, 0.4) is 0 Å². The number of carbonyl (C=O) groups is 2. The van der Waals surface area contributed by atoms with Crippen LogP contribution in [-0.2, 0) is 4.74 Å². The van der Waals surface area contributed by atoms with Gasteiger partial charge in [-0.05, 0) is 31.0 Å². The molecule has 1 amide bonds. The van der Waals surface area contributed by atoms with Crippen molar-refractivity contribution in [2.75, 3.05) is 19.8 Å². The lowest BCUT2D eigenvalue weighted by atomic mass is 9.90. The Kier molecular flexibility index (Phi) is 3.92. The quantitative estimate of drug-likeness (QED) is 0.862. The number of benzene rings is 1. The predicted molar refractivity (Wildman–Crippen MR) is 76.7 cm³/mol. The Morgan fingerprint density at radius 3 is 3.05 bits per heavy atom. The van der Waals surface area contributed by atoms with Gasteiger partial charge in [-0.25, -0.2) is 0 Å². The average molecular weight is 289 g/mol. The van der Waals surface area contributed by atoms with E-state index in [1.165, 1.54) is 0 Å². The molecule has 1 aromatic rings. The highest BCUT2D eigenvalue weighted by atomic mass is 16.5. The number of nitrogens with one attached hydrogen (secondary N) is 1. The molecular weight excluding hydrogens is 270 g/mol. The van der Waals surface area contributed by atoms with Gasteiger partial charge in [-0.3, -0.25) is 9.59 Å². The molecule has 3 rings (SSSR count). The maximum atomic E-state index is 12.6. The third-order valence-electron chi connectivity index (χ3n) is 4.10. The van der Waals surface area contributed by atoms with Crippen molar-refractivity contribution in [3.05, 3.63) is 29.3 Å². The highest BCUT2D eigenvalue weighted by molar-refractivity contribution is 6.03. The number of hydrogen-bond acceptors (Lipinski definition) is 4. The van der Waals surface area contributed by atoms with Gasteiger partial charge in [0.15, 0.2) is 5.78 Å². The molecule has 5 nitrogen and oxygen atoms in total. The first-order valence-corrected chi connectivity index (χ1v) is 7.41. The molecule has 2 aliphatic rings. The van der Waals surface area contributed by atoms with E-state index in [9.17, 15) is 9.59 Å². The zero-order valence-corrected chi connectivity index (χ0v) is 12.1. The molecule has 21 heavy (non-hydrogen) atoms. The number of ketones is 1. The monoisotopic (exact) mass is 289 g/mol. The van der Waals surface area contributed by atoms with Crippen LogP contribution in [-0.4, -0.2) is 37.6 Å². The summed E-state index contributed by atoms with van der Waals surface area (Å²) in [6.07, 6.45) is 1.56. The number of carbonyl (C=O) groups excluding carboxylic acids is 2. The maximum absolute atomic E-state index is 12.6.